The third kappa shape index (κ3) is 5.83. The van der Waals surface area contributed by atoms with E-state index in [0.29, 0.717) is 26.4 Å². The summed E-state index contributed by atoms with van der Waals surface area (Å²) in [6.45, 7) is 6.68. The zero-order valence-electron chi connectivity index (χ0n) is 15.6. The largest absolute Gasteiger partial charge is 0.372 e. The monoisotopic (exact) mass is 346 g/mol. The second kappa shape index (κ2) is 9.33. The minimum atomic E-state index is 0.611. The molecule has 0 fully saturated rings. The molecule has 3 aromatic rings. The van der Waals surface area contributed by atoms with Crippen molar-refractivity contribution < 1.29 is 9.47 Å². The third-order valence-electron chi connectivity index (χ3n) is 4.31. The average Bonchev–Trinajstić information content (AvgIpc) is 2.65. The van der Waals surface area contributed by atoms with E-state index in [9.17, 15) is 0 Å². The molecule has 2 heteroatoms. The highest BCUT2D eigenvalue weighted by atomic mass is 16.5. The van der Waals surface area contributed by atoms with E-state index in [1.54, 1.807) is 0 Å². The molecule has 0 aromatic heterocycles. The van der Waals surface area contributed by atoms with Crippen molar-refractivity contribution in [3.8, 4) is 0 Å². The highest BCUT2D eigenvalue weighted by Crippen LogP contribution is 2.12. The highest BCUT2D eigenvalue weighted by Gasteiger charge is 2.00. The smallest absolute Gasteiger partial charge is 0.0721 e. The molecule has 134 valence electrons. The fourth-order valence-electron chi connectivity index (χ4n) is 2.75. The summed E-state index contributed by atoms with van der Waals surface area (Å²) in [5.41, 5.74) is 7.29. The molecule has 0 amide bonds. The highest BCUT2D eigenvalue weighted by molar-refractivity contribution is 5.24. The van der Waals surface area contributed by atoms with Crippen LogP contribution in [0, 0.1) is 13.8 Å². The van der Waals surface area contributed by atoms with Crippen LogP contribution in [0.3, 0.4) is 0 Å². The molecule has 0 unspecified atom stereocenters. The van der Waals surface area contributed by atoms with Gasteiger partial charge in [-0.3, -0.25) is 0 Å². The van der Waals surface area contributed by atoms with Crippen molar-refractivity contribution in [3.63, 3.8) is 0 Å². The maximum absolute atomic E-state index is 5.84. The summed E-state index contributed by atoms with van der Waals surface area (Å²) in [5.74, 6) is 0. The van der Waals surface area contributed by atoms with E-state index in [0.717, 1.165) is 0 Å². The van der Waals surface area contributed by atoms with Crippen LogP contribution in [-0.2, 0) is 35.9 Å². The first-order valence-electron chi connectivity index (χ1n) is 9.03. The van der Waals surface area contributed by atoms with Gasteiger partial charge in [0.05, 0.1) is 26.4 Å². The van der Waals surface area contributed by atoms with Gasteiger partial charge in [-0.1, -0.05) is 83.9 Å². The van der Waals surface area contributed by atoms with Crippen LogP contribution in [0.5, 0.6) is 0 Å². The lowest BCUT2D eigenvalue weighted by Gasteiger charge is -2.08. The van der Waals surface area contributed by atoms with E-state index in [1.165, 1.54) is 33.4 Å². The van der Waals surface area contributed by atoms with Crippen LogP contribution in [0.15, 0.2) is 72.8 Å². The first-order valence-corrected chi connectivity index (χ1v) is 9.03. The van der Waals surface area contributed by atoms with Crippen LogP contribution in [0.1, 0.15) is 33.4 Å². The standard InChI is InChI=1S/C24H26O2/c1-19-6-10-21(11-7-19)15-25-17-23-4-3-5-24(14-23)18-26-16-22-12-8-20(2)9-13-22/h3-14H,15-18H2,1-2H3. The maximum atomic E-state index is 5.84. The Morgan fingerprint density at radius 1 is 0.500 bits per heavy atom. The lowest BCUT2D eigenvalue weighted by molar-refractivity contribution is 0.103. The van der Waals surface area contributed by atoms with Gasteiger partial charge in [0.1, 0.15) is 0 Å². The summed E-state index contributed by atoms with van der Waals surface area (Å²) in [4.78, 5) is 0. The van der Waals surface area contributed by atoms with Crippen LogP contribution < -0.4 is 0 Å². The lowest BCUT2D eigenvalue weighted by Crippen LogP contribution is -1.97. The quantitative estimate of drug-likeness (QED) is 0.518. The molecular weight excluding hydrogens is 320 g/mol. The molecule has 0 N–H and O–H groups in total. The van der Waals surface area contributed by atoms with Gasteiger partial charge in [0.15, 0.2) is 0 Å². The first kappa shape index (κ1) is 18.4. The molecule has 0 bridgehead atoms. The van der Waals surface area contributed by atoms with Crippen molar-refractivity contribution in [2.75, 3.05) is 0 Å². The van der Waals surface area contributed by atoms with E-state index in [4.69, 9.17) is 9.47 Å². The molecule has 26 heavy (non-hydrogen) atoms. The predicted octanol–water partition coefficient (Wildman–Crippen LogP) is 5.74. The molecule has 0 saturated carbocycles. The lowest BCUT2D eigenvalue weighted by atomic mass is 10.1. The van der Waals surface area contributed by atoms with Gasteiger partial charge in [0, 0.05) is 0 Å². The Hall–Kier alpha value is -2.42. The van der Waals surface area contributed by atoms with Gasteiger partial charge in [-0.15, -0.1) is 0 Å². The van der Waals surface area contributed by atoms with Gasteiger partial charge in [0.2, 0.25) is 0 Å². The van der Waals surface area contributed by atoms with Gasteiger partial charge in [-0.25, -0.2) is 0 Å². The summed E-state index contributed by atoms with van der Waals surface area (Å²) in [5, 5.41) is 0. The summed E-state index contributed by atoms with van der Waals surface area (Å²) in [7, 11) is 0. The Balaban J connectivity index is 1.45. The number of rotatable bonds is 8. The minimum Gasteiger partial charge on any atom is -0.372 e. The molecule has 0 aliphatic heterocycles. The number of benzene rings is 3. The molecule has 0 atom stereocenters. The SMILES string of the molecule is Cc1ccc(COCc2cccc(COCc3ccc(C)cc3)c2)cc1. The molecule has 0 saturated heterocycles. The van der Waals surface area contributed by atoms with Crippen molar-refractivity contribution in [3.05, 3.63) is 106 Å². The molecule has 0 aliphatic carbocycles. The Labute approximate surface area is 156 Å². The summed E-state index contributed by atoms with van der Waals surface area (Å²) in [6, 6.07) is 25.3. The molecule has 0 heterocycles. The maximum Gasteiger partial charge on any atom is 0.0721 e. The third-order valence-corrected chi connectivity index (χ3v) is 4.31. The number of hydrogen-bond acceptors (Lipinski definition) is 2. The van der Waals surface area contributed by atoms with Crippen LogP contribution in [0.2, 0.25) is 0 Å². The second-order valence-corrected chi connectivity index (χ2v) is 6.78. The summed E-state index contributed by atoms with van der Waals surface area (Å²) in [6.07, 6.45) is 0. The van der Waals surface area contributed by atoms with Gasteiger partial charge in [0.25, 0.3) is 0 Å². The average molecular weight is 346 g/mol. The second-order valence-electron chi connectivity index (χ2n) is 6.78. The predicted molar refractivity (Wildman–Crippen MR) is 106 cm³/mol. The van der Waals surface area contributed by atoms with Gasteiger partial charge in [-0.2, -0.15) is 0 Å². The van der Waals surface area contributed by atoms with Crippen LogP contribution in [0.25, 0.3) is 0 Å². The number of ether oxygens (including phenoxy) is 2. The van der Waals surface area contributed by atoms with Crippen molar-refractivity contribution in [2.45, 2.75) is 40.3 Å². The normalized spacial score (nSPS) is 10.8. The molecule has 0 aliphatic rings. The Bertz CT molecular complexity index is 738. The molecule has 2 nitrogen and oxygen atoms in total. The Morgan fingerprint density at radius 2 is 0.885 bits per heavy atom. The minimum absolute atomic E-state index is 0.611. The topological polar surface area (TPSA) is 18.5 Å². The van der Waals surface area contributed by atoms with Gasteiger partial charge >= 0.3 is 0 Å². The van der Waals surface area contributed by atoms with Crippen LogP contribution in [-0.4, -0.2) is 0 Å². The van der Waals surface area contributed by atoms with E-state index in [2.05, 4.69) is 86.6 Å². The Kier molecular flexibility index (Phi) is 6.59. The fraction of sp³-hybridized carbons (Fsp3) is 0.250. The van der Waals surface area contributed by atoms with E-state index < -0.39 is 0 Å². The van der Waals surface area contributed by atoms with Crippen LogP contribution >= 0.6 is 0 Å². The van der Waals surface area contributed by atoms with Crippen molar-refractivity contribution in [1.29, 1.82) is 0 Å². The summed E-state index contributed by atoms with van der Waals surface area (Å²) >= 11 is 0. The zero-order valence-corrected chi connectivity index (χ0v) is 15.6. The van der Waals surface area contributed by atoms with Gasteiger partial charge in [-0.05, 0) is 36.1 Å². The van der Waals surface area contributed by atoms with E-state index in [-0.39, 0.29) is 0 Å². The summed E-state index contributed by atoms with van der Waals surface area (Å²) < 4.78 is 11.7. The van der Waals surface area contributed by atoms with Crippen molar-refractivity contribution in [2.24, 2.45) is 0 Å². The van der Waals surface area contributed by atoms with E-state index >= 15 is 0 Å². The number of hydrogen-bond donors (Lipinski definition) is 0. The van der Waals surface area contributed by atoms with Crippen molar-refractivity contribution >= 4 is 0 Å². The fourth-order valence-corrected chi connectivity index (χ4v) is 2.75. The first-order chi connectivity index (χ1) is 12.7. The van der Waals surface area contributed by atoms with E-state index in [1.807, 2.05) is 0 Å². The van der Waals surface area contributed by atoms with Gasteiger partial charge < -0.3 is 9.47 Å². The van der Waals surface area contributed by atoms with Crippen LogP contribution in [0.4, 0.5) is 0 Å². The zero-order chi connectivity index (χ0) is 18.2. The Morgan fingerprint density at radius 3 is 1.31 bits per heavy atom. The molecular formula is C24H26O2. The molecule has 0 spiro atoms. The molecule has 3 rings (SSSR count). The number of aryl methyl sites for hydroxylation is 2. The molecule has 3 aromatic carbocycles. The van der Waals surface area contributed by atoms with Crippen molar-refractivity contribution in [1.82, 2.24) is 0 Å². The molecule has 0 radical (unpaired) electrons.